The zero-order valence-corrected chi connectivity index (χ0v) is 13.5. The molecule has 2 saturated heterocycles. The van der Waals surface area contributed by atoms with Crippen molar-refractivity contribution in [1.82, 2.24) is 35.3 Å². The van der Waals surface area contributed by atoms with E-state index in [0.717, 1.165) is 51.4 Å². The lowest BCUT2D eigenvalue weighted by molar-refractivity contribution is 0.0773. The molecule has 0 bridgehead atoms. The molecule has 8 heteroatoms. The van der Waals surface area contributed by atoms with E-state index in [-0.39, 0.29) is 5.91 Å². The smallest absolute Gasteiger partial charge is 0.253 e. The van der Waals surface area contributed by atoms with Crippen LogP contribution in [0.1, 0.15) is 16.8 Å². The Balaban J connectivity index is 1.40. The predicted octanol–water partition coefficient (Wildman–Crippen LogP) is -0.218. The number of tetrazole rings is 1. The van der Waals surface area contributed by atoms with Crippen molar-refractivity contribution in [3.8, 4) is 5.69 Å². The van der Waals surface area contributed by atoms with Crippen molar-refractivity contribution in [3.63, 3.8) is 0 Å². The number of likely N-dealkylation sites (tertiary alicyclic amines) is 1. The maximum atomic E-state index is 12.7. The normalized spacial score (nSPS) is 22.0. The van der Waals surface area contributed by atoms with Crippen molar-refractivity contribution in [3.05, 3.63) is 36.2 Å². The van der Waals surface area contributed by atoms with Gasteiger partial charge in [-0.1, -0.05) is 0 Å². The van der Waals surface area contributed by atoms with Gasteiger partial charge in [0.05, 0.1) is 5.69 Å². The molecule has 1 amide bonds. The van der Waals surface area contributed by atoms with Gasteiger partial charge in [-0.15, -0.1) is 5.10 Å². The molecule has 0 spiro atoms. The second-order valence-electron chi connectivity index (χ2n) is 6.28. The summed E-state index contributed by atoms with van der Waals surface area (Å²) >= 11 is 0. The van der Waals surface area contributed by atoms with Gasteiger partial charge < -0.3 is 10.2 Å². The van der Waals surface area contributed by atoms with E-state index in [1.807, 2.05) is 29.2 Å². The molecule has 0 aliphatic carbocycles. The molecule has 2 aromatic rings. The van der Waals surface area contributed by atoms with Crippen LogP contribution in [-0.2, 0) is 0 Å². The van der Waals surface area contributed by atoms with Crippen molar-refractivity contribution in [2.45, 2.75) is 12.5 Å². The summed E-state index contributed by atoms with van der Waals surface area (Å²) in [7, 11) is 0. The van der Waals surface area contributed by atoms with Crippen LogP contribution in [0.4, 0.5) is 0 Å². The van der Waals surface area contributed by atoms with E-state index in [1.165, 1.54) is 6.33 Å². The zero-order chi connectivity index (χ0) is 16.4. The lowest BCUT2D eigenvalue weighted by Crippen LogP contribution is -2.49. The maximum Gasteiger partial charge on any atom is 0.253 e. The average Bonchev–Trinajstić information content (AvgIpc) is 3.34. The molecule has 4 rings (SSSR count). The van der Waals surface area contributed by atoms with Crippen molar-refractivity contribution < 1.29 is 4.79 Å². The lowest BCUT2D eigenvalue weighted by atomic mass is 10.2. The number of aromatic nitrogens is 4. The molecule has 126 valence electrons. The van der Waals surface area contributed by atoms with Crippen LogP contribution in [0.2, 0.25) is 0 Å². The topological polar surface area (TPSA) is 79.2 Å². The Kier molecular flexibility index (Phi) is 4.22. The highest BCUT2D eigenvalue weighted by Gasteiger charge is 2.31. The summed E-state index contributed by atoms with van der Waals surface area (Å²) in [4.78, 5) is 17.2. The monoisotopic (exact) mass is 327 g/mol. The van der Waals surface area contributed by atoms with E-state index in [9.17, 15) is 4.79 Å². The molecule has 1 unspecified atom stereocenters. The Morgan fingerprint density at radius 2 is 1.92 bits per heavy atom. The van der Waals surface area contributed by atoms with E-state index < -0.39 is 0 Å². The van der Waals surface area contributed by atoms with Crippen LogP contribution in [0.15, 0.2) is 30.6 Å². The lowest BCUT2D eigenvalue weighted by Gasteiger charge is -2.32. The summed E-state index contributed by atoms with van der Waals surface area (Å²) in [6.45, 7) is 5.91. The SMILES string of the molecule is O=C(c1ccc(-n2cnnn2)cc1)N1CCC(N2CCNCC2)C1. The van der Waals surface area contributed by atoms with Gasteiger partial charge in [-0.05, 0) is 41.1 Å². The summed E-state index contributed by atoms with van der Waals surface area (Å²) in [5, 5.41) is 14.5. The summed E-state index contributed by atoms with van der Waals surface area (Å²) in [5.74, 6) is 0.107. The fourth-order valence-electron chi connectivity index (χ4n) is 3.49. The molecule has 3 heterocycles. The number of rotatable bonds is 3. The minimum Gasteiger partial charge on any atom is -0.337 e. The summed E-state index contributed by atoms with van der Waals surface area (Å²) in [6, 6.07) is 7.92. The Morgan fingerprint density at radius 1 is 1.12 bits per heavy atom. The summed E-state index contributed by atoms with van der Waals surface area (Å²) in [5.41, 5.74) is 1.56. The molecule has 1 aromatic carbocycles. The predicted molar refractivity (Wildman–Crippen MR) is 87.9 cm³/mol. The van der Waals surface area contributed by atoms with Crippen LogP contribution in [0.3, 0.4) is 0 Å². The highest BCUT2D eigenvalue weighted by atomic mass is 16.2. The van der Waals surface area contributed by atoms with Crippen LogP contribution >= 0.6 is 0 Å². The second kappa shape index (κ2) is 6.66. The van der Waals surface area contributed by atoms with Crippen molar-refractivity contribution >= 4 is 5.91 Å². The van der Waals surface area contributed by atoms with Gasteiger partial charge in [0.1, 0.15) is 6.33 Å². The minimum absolute atomic E-state index is 0.107. The molecule has 1 N–H and O–H groups in total. The second-order valence-corrected chi connectivity index (χ2v) is 6.28. The quantitative estimate of drug-likeness (QED) is 0.840. The van der Waals surface area contributed by atoms with Gasteiger partial charge in [0.15, 0.2) is 0 Å². The highest BCUT2D eigenvalue weighted by molar-refractivity contribution is 5.94. The molecule has 0 saturated carbocycles. The molecule has 24 heavy (non-hydrogen) atoms. The van der Waals surface area contributed by atoms with Gasteiger partial charge in [-0.2, -0.15) is 0 Å². The number of carbonyl (C=O) groups is 1. The first kappa shape index (κ1) is 15.2. The summed E-state index contributed by atoms with van der Waals surface area (Å²) in [6.07, 6.45) is 2.60. The van der Waals surface area contributed by atoms with Gasteiger partial charge in [0.25, 0.3) is 5.91 Å². The van der Waals surface area contributed by atoms with Crippen LogP contribution in [0, 0.1) is 0 Å². The third kappa shape index (κ3) is 3.02. The molecule has 2 aliphatic heterocycles. The molecule has 1 atom stereocenters. The van der Waals surface area contributed by atoms with Crippen LogP contribution in [0.25, 0.3) is 5.69 Å². The fraction of sp³-hybridized carbons (Fsp3) is 0.500. The van der Waals surface area contributed by atoms with Crippen LogP contribution in [0.5, 0.6) is 0 Å². The van der Waals surface area contributed by atoms with Crippen molar-refractivity contribution in [2.75, 3.05) is 39.3 Å². The Labute approximate surface area is 140 Å². The maximum absolute atomic E-state index is 12.7. The molecular formula is C16H21N7O. The number of amides is 1. The van der Waals surface area contributed by atoms with E-state index in [4.69, 9.17) is 0 Å². The van der Waals surface area contributed by atoms with Gasteiger partial charge >= 0.3 is 0 Å². The molecular weight excluding hydrogens is 306 g/mol. The first-order chi connectivity index (χ1) is 11.8. The largest absolute Gasteiger partial charge is 0.337 e. The number of hydrogen-bond donors (Lipinski definition) is 1. The van der Waals surface area contributed by atoms with E-state index in [0.29, 0.717) is 11.6 Å². The number of nitrogens with one attached hydrogen (secondary N) is 1. The highest BCUT2D eigenvalue weighted by Crippen LogP contribution is 2.19. The van der Waals surface area contributed by atoms with Crippen LogP contribution in [-0.4, -0.2) is 81.2 Å². The molecule has 2 aliphatic rings. The molecule has 8 nitrogen and oxygen atoms in total. The third-order valence-corrected chi connectivity index (χ3v) is 4.85. The molecule has 0 radical (unpaired) electrons. The zero-order valence-electron chi connectivity index (χ0n) is 13.5. The first-order valence-electron chi connectivity index (χ1n) is 8.39. The fourth-order valence-corrected chi connectivity index (χ4v) is 3.49. The average molecular weight is 327 g/mol. The molecule has 2 fully saturated rings. The summed E-state index contributed by atoms with van der Waals surface area (Å²) < 4.78 is 1.57. The first-order valence-corrected chi connectivity index (χ1v) is 8.39. The van der Waals surface area contributed by atoms with Gasteiger partial charge in [-0.25, -0.2) is 4.68 Å². The number of carbonyl (C=O) groups excluding carboxylic acids is 1. The number of benzene rings is 1. The standard InChI is InChI=1S/C16H21N7O/c24-16(13-1-3-14(4-2-13)23-12-18-19-20-23)22-8-5-15(11-22)21-9-6-17-7-10-21/h1-4,12,15,17H,5-11H2. The van der Waals surface area contributed by atoms with E-state index in [2.05, 4.69) is 25.7 Å². The van der Waals surface area contributed by atoms with E-state index >= 15 is 0 Å². The van der Waals surface area contributed by atoms with Crippen molar-refractivity contribution in [1.29, 1.82) is 0 Å². The van der Waals surface area contributed by atoms with Crippen molar-refractivity contribution in [2.24, 2.45) is 0 Å². The third-order valence-electron chi connectivity index (χ3n) is 4.85. The number of hydrogen-bond acceptors (Lipinski definition) is 6. The van der Waals surface area contributed by atoms with Gasteiger partial charge in [0.2, 0.25) is 0 Å². The number of nitrogens with zero attached hydrogens (tertiary/aromatic N) is 6. The Bertz CT molecular complexity index is 679. The Hall–Kier alpha value is -2.32. The Morgan fingerprint density at radius 3 is 2.62 bits per heavy atom. The van der Waals surface area contributed by atoms with Gasteiger partial charge in [0, 0.05) is 50.9 Å². The number of piperazine rings is 1. The van der Waals surface area contributed by atoms with E-state index in [1.54, 1.807) is 4.68 Å². The molecule has 1 aromatic heterocycles. The van der Waals surface area contributed by atoms with Crippen LogP contribution < -0.4 is 5.32 Å². The van der Waals surface area contributed by atoms with Gasteiger partial charge in [-0.3, -0.25) is 9.69 Å². The minimum atomic E-state index is 0.107.